The lowest BCUT2D eigenvalue weighted by molar-refractivity contribution is -0.135. The van der Waals surface area contributed by atoms with Gasteiger partial charge in [-0.05, 0) is 60.6 Å². The molecule has 1 unspecified atom stereocenters. The average Bonchev–Trinajstić information content (AvgIpc) is 3.07. The number of hydrogen-bond acceptors (Lipinski definition) is 2. The zero-order chi connectivity index (χ0) is 19.3. The maximum absolute atomic E-state index is 14.5. The van der Waals surface area contributed by atoms with Crippen LogP contribution >= 0.6 is 23.2 Å². The van der Waals surface area contributed by atoms with Crippen molar-refractivity contribution in [2.24, 2.45) is 11.8 Å². The molecule has 0 radical (unpaired) electrons. The number of fused-ring (bicyclic) bond motifs is 2. The van der Waals surface area contributed by atoms with Crippen molar-refractivity contribution in [2.45, 2.75) is 38.5 Å². The van der Waals surface area contributed by atoms with Crippen LogP contribution in [0.1, 0.15) is 43.2 Å². The van der Waals surface area contributed by atoms with Gasteiger partial charge in [-0.1, -0.05) is 42.3 Å². The highest BCUT2D eigenvalue weighted by molar-refractivity contribution is 6.36. The molecule has 0 heterocycles. The Morgan fingerprint density at radius 2 is 1.70 bits per heavy atom. The van der Waals surface area contributed by atoms with E-state index in [1.165, 1.54) is 12.1 Å². The van der Waals surface area contributed by atoms with Crippen molar-refractivity contribution in [2.75, 3.05) is 0 Å². The first-order chi connectivity index (χ1) is 12.9. The third-order valence-corrected chi connectivity index (χ3v) is 6.46. The van der Waals surface area contributed by atoms with Crippen molar-refractivity contribution < 1.29 is 14.0 Å². The van der Waals surface area contributed by atoms with Crippen LogP contribution in [-0.4, -0.2) is 11.6 Å². The molecule has 0 aromatic heterocycles. The molecule has 2 nitrogen and oxygen atoms in total. The number of benzene rings is 2. The molecule has 2 saturated carbocycles. The van der Waals surface area contributed by atoms with Crippen LogP contribution in [0.25, 0.3) is 11.1 Å². The Balaban J connectivity index is 1.86. The molecule has 0 amide bonds. The predicted octanol–water partition coefficient (Wildman–Crippen LogP) is 6.01. The van der Waals surface area contributed by atoms with Gasteiger partial charge in [0.1, 0.15) is 11.7 Å². The second-order valence-electron chi connectivity index (χ2n) is 7.46. The molecule has 2 aliphatic rings. The van der Waals surface area contributed by atoms with Crippen LogP contribution in [0, 0.1) is 17.7 Å². The minimum Gasteiger partial charge on any atom is -0.298 e. The van der Waals surface area contributed by atoms with Crippen LogP contribution in [0.3, 0.4) is 0 Å². The maximum atomic E-state index is 14.5. The number of hydrogen-bond donors (Lipinski definition) is 0. The summed E-state index contributed by atoms with van der Waals surface area (Å²) in [5.41, 5.74) is 2.44. The van der Waals surface area contributed by atoms with Crippen molar-refractivity contribution in [3.05, 3.63) is 57.3 Å². The Morgan fingerprint density at radius 3 is 2.30 bits per heavy atom. The molecular formula is C22H19Cl2FO2. The van der Waals surface area contributed by atoms with Gasteiger partial charge in [0.25, 0.3) is 0 Å². The minimum absolute atomic E-state index is 0.0169. The highest BCUT2D eigenvalue weighted by Gasteiger charge is 2.47. The van der Waals surface area contributed by atoms with E-state index in [9.17, 15) is 14.0 Å². The van der Waals surface area contributed by atoms with Gasteiger partial charge < -0.3 is 0 Å². The number of aryl methyl sites for hydroxylation is 1. The highest BCUT2D eigenvalue weighted by atomic mass is 35.5. The smallest absolute Gasteiger partial charge is 0.150 e. The summed E-state index contributed by atoms with van der Waals surface area (Å²) in [6.07, 6.45) is 2.97. The normalized spacial score (nSPS) is 24.5. The SMILES string of the molecule is CCc1ccc(-c2c(F)cc(Cl)cc2Cl)cc1C1C(=O)[C@@H]2CC[C@@H](C2)C1=O. The zero-order valence-corrected chi connectivity index (χ0v) is 16.4. The standard InChI is InChI=1S/C22H19Cl2FO2/c1-2-11-3-4-12(19-17(24)9-15(23)10-18(19)25)8-16(11)20-21(26)13-5-6-14(7-13)22(20)27/h3-4,8-10,13-14,20H,2,5-7H2,1H3/t13-,14+,20?. The second-order valence-corrected chi connectivity index (χ2v) is 8.30. The van der Waals surface area contributed by atoms with E-state index >= 15 is 0 Å². The summed E-state index contributed by atoms with van der Waals surface area (Å²) in [4.78, 5) is 25.9. The summed E-state index contributed by atoms with van der Waals surface area (Å²) in [5.74, 6) is -1.28. The Hall–Kier alpha value is -1.71. The first-order valence-corrected chi connectivity index (χ1v) is 10.0. The first-order valence-electron chi connectivity index (χ1n) is 9.25. The molecule has 2 fully saturated rings. The van der Waals surface area contributed by atoms with Crippen molar-refractivity contribution in [3.63, 3.8) is 0 Å². The van der Waals surface area contributed by atoms with E-state index in [4.69, 9.17) is 23.2 Å². The number of halogens is 3. The van der Waals surface area contributed by atoms with Crippen molar-refractivity contribution >= 4 is 34.8 Å². The van der Waals surface area contributed by atoms with Crippen LogP contribution in [0.5, 0.6) is 0 Å². The molecule has 0 spiro atoms. The summed E-state index contributed by atoms with van der Waals surface area (Å²) in [5, 5.41) is 0.428. The molecule has 2 aromatic rings. The van der Waals surface area contributed by atoms with E-state index in [0.29, 0.717) is 24.0 Å². The Bertz CT molecular complexity index is 908. The van der Waals surface area contributed by atoms with Gasteiger partial charge in [-0.25, -0.2) is 4.39 Å². The molecular weight excluding hydrogens is 386 g/mol. The minimum atomic E-state index is -0.736. The summed E-state index contributed by atoms with van der Waals surface area (Å²) in [7, 11) is 0. The molecule has 0 aliphatic heterocycles. The molecule has 4 rings (SSSR count). The number of ketones is 2. The quantitative estimate of drug-likeness (QED) is 0.586. The molecule has 3 atom stereocenters. The fourth-order valence-corrected chi connectivity index (χ4v) is 5.15. The van der Waals surface area contributed by atoms with Crippen LogP contribution < -0.4 is 0 Å². The molecule has 5 heteroatoms. The van der Waals surface area contributed by atoms with E-state index in [0.717, 1.165) is 18.4 Å². The van der Waals surface area contributed by atoms with Gasteiger partial charge in [0, 0.05) is 22.4 Å². The average molecular weight is 405 g/mol. The third-order valence-electron chi connectivity index (χ3n) is 5.94. The lowest BCUT2D eigenvalue weighted by Crippen LogP contribution is -2.35. The van der Waals surface area contributed by atoms with E-state index in [-0.39, 0.29) is 39.0 Å². The molecule has 0 N–H and O–H groups in total. The Labute approximate surface area is 167 Å². The number of Topliss-reactive ketones (excluding diaryl/α,β-unsaturated/α-hetero) is 2. The van der Waals surface area contributed by atoms with Crippen LogP contribution in [0.15, 0.2) is 30.3 Å². The summed E-state index contributed by atoms with van der Waals surface area (Å²) >= 11 is 12.1. The summed E-state index contributed by atoms with van der Waals surface area (Å²) < 4.78 is 14.5. The van der Waals surface area contributed by atoms with Gasteiger partial charge in [-0.2, -0.15) is 0 Å². The fraction of sp³-hybridized carbons (Fsp3) is 0.364. The third kappa shape index (κ3) is 3.11. The number of carbonyl (C=O) groups excluding carboxylic acids is 2. The van der Waals surface area contributed by atoms with Gasteiger partial charge in [-0.15, -0.1) is 0 Å². The van der Waals surface area contributed by atoms with E-state index < -0.39 is 11.7 Å². The van der Waals surface area contributed by atoms with Gasteiger partial charge in [0.05, 0.1) is 5.02 Å². The van der Waals surface area contributed by atoms with Crippen LogP contribution in [0.2, 0.25) is 10.0 Å². The monoisotopic (exact) mass is 404 g/mol. The number of rotatable bonds is 3. The largest absolute Gasteiger partial charge is 0.298 e. The lowest BCUT2D eigenvalue weighted by atomic mass is 9.73. The fourth-order valence-electron chi connectivity index (χ4n) is 4.58. The van der Waals surface area contributed by atoms with Gasteiger partial charge in [0.2, 0.25) is 0 Å². The maximum Gasteiger partial charge on any atom is 0.150 e. The lowest BCUT2D eigenvalue weighted by Gasteiger charge is -2.27. The molecule has 2 aliphatic carbocycles. The Kier molecular flexibility index (Phi) is 4.85. The highest BCUT2D eigenvalue weighted by Crippen LogP contribution is 2.45. The molecule has 27 heavy (non-hydrogen) atoms. The molecule has 2 bridgehead atoms. The zero-order valence-electron chi connectivity index (χ0n) is 14.9. The molecule has 2 aromatic carbocycles. The summed E-state index contributed by atoms with van der Waals surface area (Å²) in [6, 6.07) is 8.13. The van der Waals surface area contributed by atoms with Gasteiger partial charge >= 0.3 is 0 Å². The van der Waals surface area contributed by atoms with E-state index in [1.54, 1.807) is 12.1 Å². The molecule has 140 valence electrons. The topological polar surface area (TPSA) is 34.1 Å². The molecule has 0 saturated heterocycles. The van der Waals surface area contributed by atoms with Crippen LogP contribution in [0.4, 0.5) is 4.39 Å². The van der Waals surface area contributed by atoms with Gasteiger partial charge in [-0.3, -0.25) is 9.59 Å². The van der Waals surface area contributed by atoms with E-state index in [1.807, 2.05) is 13.0 Å². The van der Waals surface area contributed by atoms with Crippen molar-refractivity contribution in [1.29, 1.82) is 0 Å². The van der Waals surface area contributed by atoms with E-state index in [2.05, 4.69) is 0 Å². The second kappa shape index (κ2) is 7.03. The first kappa shape index (κ1) is 18.6. The summed E-state index contributed by atoms with van der Waals surface area (Å²) in [6.45, 7) is 1.99. The number of carbonyl (C=O) groups is 2. The van der Waals surface area contributed by atoms with Crippen molar-refractivity contribution in [1.82, 2.24) is 0 Å². The van der Waals surface area contributed by atoms with Crippen molar-refractivity contribution in [3.8, 4) is 11.1 Å². The van der Waals surface area contributed by atoms with Crippen LogP contribution in [-0.2, 0) is 16.0 Å². The predicted molar refractivity (Wildman–Crippen MR) is 105 cm³/mol. The van der Waals surface area contributed by atoms with Gasteiger partial charge in [0.15, 0.2) is 11.6 Å². The Morgan fingerprint density at radius 1 is 1.04 bits per heavy atom.